The van der Waals surface area contributed by atoms with Crippen molar-refractivity contribution in [3.63, 3.8) is 0 Å². The number of amides is 2. The summed E-state index contributed by atoms with van der Waals surface area (Å²) in [5.74, 6) is -0.170. The van der Waals surface area contributed by atoms with E-state index in [0.717, 1.165) is 29.6 Å². The van der Waals surface area contributed by atoms with Gasteiger partial charge in [0.1, 0.15) is 11.6 Å². The molecule has 4 rings (SSSR count). The lowest BCUT2D eigenvalue weighted by molar-refractivity contribution is -0.120. The van der Waals surface area contributed by atoms with Crippen molar-refractivity contribution in [1.29, 1.82) is 0 Å². The molecule has 1 fully saturated rings. The third-order valence-electron chi connectivity index (χ3n) is 5.54. The van der Waals surface area contributed by atoms with Crippen LogP contribution in [0.2, 0.25) is 0 Å². The molecule has 0 radical (unpaired) electrons. The van der Waals surface area contributed by atoms with Gasteiger partial charge in [-0.3, -0.25) is 9.69 Å². The second-order valence-electron chi connectivity index (χ2n) is 8.81. The van der Waals surface area contributed by atoms with Crippen molar-refractivity contribution in [1.82, 2.24) is 9.47 Å². The van der Waals surface area contributed by atoms with Crippen molar-refractivity contribution in [2.45, 2.75) is 58.7 Å². The van der Waals surface area contributed by atoms with Crippen molar-refractivity contribution in [3.05, 3.63) is 42.5 Å². The Balaban J connectivity index is 1.59. The van der Waals surface area contributed by atoms with Gasteiger partial charge in [-0.2, -0.15) is 0 Å². The molecule has 0 spiro atoms. The molecule has 30 heavy (non-hydrogen) atoms. The van der Waals surface area contributed by atoms with E-state index in [1.165, 1.54) is 10.9 Å². The van der Waals surface area contributed by atoms with Crippen LogP contribution >= 0.6 is 0 Å². The second kappa shape index (κ2) is 7.67. The second-order valence-corrected chi connectivity index (χ2v) is 8.81. The number of rotatable bonds is 3. The molecule has 1 aromatic heterocycles. The SMILES string of the molecule is CCn1c2ccccc2c2cc(NC(=O)[C@@H]3CCCN3C(=O)OC(C)(C)C)ccc21. The van der Waals surface area contributed by atoms with E-state index in [0.29, 0.717) is 13.0 Å². The Morgan fingerprint density at radius 2 is 1.83 bits per heavy atom. The van der Waals surface area contributed by atoms with E-state index >= 15 is 0 Å². The zero-order chi connectivity index (χ0) is 21.5. The van der Waals surface area contributed by atoms with E-state index in [4.69, 9.17) is 4.74 Å². The van der Waals surface area contributed by atoms with Crippen LogP contribution in [0.25, 0.3) is 21.8 Å². The highest BCUT2D eigenvalue weighted by Crippen LogP contribution is 2.31. The number of aromatic nitrogens is 1. The molecule has 6 nitrogen and oxygen atoms in total. The quantitative estimate of drug-likeness (QED) is 0.653. The number of carbonyl (C=O) groups is 2. The summed E-state index contributed by atoms with van der Waals surface area (Å²) in [5.41, 5.74) is 2.49. The van der Waals surface area contributed by atoms with Crippen LogP contribution in [0.1, 0.15) is 40.5 Å². The maximum atomic E-state index is 13.0. The van der Waals surface area contributed by atoms with Gasteiger partial charge in [-0.05, 0) is 64.8 Å². The van der Waals surface area contributed by atoms with Crippen LogP contribution in [0.4, 0.5) is 10.5 Å². The number of hydrogen-bond donors (Lipinski definition) is 1. The summed E-state index contributed by atoms with van der Waals surface area (Å²) in [6.07, 6.45) is 1.00. The third kappa shape index (κ3) is 3.74. The van der Waals surface area contributed by atoms with E-state index < -0.39 is 17.7 Å². The van der Waals surface area contributed by atoms with E-state index in [1.54, 1.807) is 4.90 Å². The van der Waals surface area contributed by atoms with Crippen LogP contribution in [0.15, 0.2) is 42.5 Å². The largest absolute Gasteiger partial charge is 0.444 e. The topological polar surface area (TPSA) is 63.6 Å². The van der Waals surface area contributed by atoms with E-state index in [2.05, 4.69) is 35.0 Å². The van der Waals surface area contributed by atoms with Crippen LogP contribution in [0, 0.1) is 0 Å². The fourth-order valence-electron chi connectivity index (χ4n) is 4.28. The van der Waals surface area contributed by atoms with Gasteiger partial charge in [0, 0.05) is 40.6 Å². The molecule has 1 N–H and O–H groups in total. The molecule has 3 aromatic rings. The third-order valence-corrected chi connectivity index (χ3v) is 5.54. The Kier molecular flexibility index (Phi) is 5.18. The maximum Gasteiger partial charge on any atom is 0.410 e. The van der Waals surface area contributed by atoms with Gasteiger partial charge < -0.3 is 14.6 Å². The first-order valence-electron chi connectivity index (χ1n) is 10.6. The van der Waals surface area contributed by atoms with Crippen molar-refractivity contribution in [2.75, 3.05) is 11.9 Å². The molecule has 0 bridgehead atoms. The molecule has 1 saturated heterocycles. The Morgan fingerprint density at radius 1 is 1.10 bits per heavy atom. The van der Waals surface area contributed by atoms with Gasteiger partial charge in [-0.15, -0.1) is 0 Å². The first-order valence-corrected chi connectivity index (χ1v) is 10.6. The van der Waals surface area contributed by atoms with Gasteiger partial charge in [-0.1, -0.05) is 18.2 Å². The summed E-state index contributed by atoms with van der Waals surface area (Å²) >= 11 is 0. The minimum Gasteiger partial charge on any atom is -0.444 e. The number of hydrogen-bond acceptors (Lipinski definition) is 3. The monoisotopic (exact) mass is 407 g/mol. The van der Waals surface area contributed by atoms with E-state index in [9.17, 15) is 9.59 Å². The van der Waals surface area contributed by atoms with Gasteiger partial charge in [0.05, 0.1) is 0 Å². The van der Waals surface area contributed by atoms with E-state index in [-0.39, 0.29) is 5.91 Å². The van der Waals surface area contributed by atoms with Crippen molar-refractivity contribution < 1.29 is 14.3 Å². The van der Waals surface area contributed by atoms with Gasteiger partial charge in [-0.25, -0.2) is 4.79 Å². The van der Waals surface area contributed by atoms with Crippen molar-refractivity contribution >= 4 is 39.5 Å². The van der Waals surface area contributed by atoms with Gasteiger partial charge in [0.25, 0.3) is 0 Å². The number of nitrogens with one attached hydrogen (secondary N) is 1. The number of aryl methyl sites for hydroxylation is 1. The van der Waals surface area contributed by atoms with E-state index in [1.807, 2.05) is 45.0 Å². The summed E-state index contributed by atoms with van der Waals surface area (Å²) in [6, 6.07) is 13.8. The maximum absolute atomic E-state index is 13.0. The van der Waals surface area contributed by atoms with Crippen molar-refractivity contribution in [3.8, 4) is 0 Å². The highest BCUT2D eigenvalue weighted by atomic mass is 16.6. The van der Waals surface area contributed by atoms with Crippen LogP contribution in [-0.4, -0.2) is 39.7 Å². The molecule has 1 atom stereocenters. The summed E-state index contributed by atoms with van der Waals surface area (Å²) in [5, 5.41) is 5.30. The van der Waals surface area contributed by atoms with Gasteiger partial charge in [0.15, 0.2) is 0 Å². The summed E-state index contributed by atoms with van der Waals surface area (Å²) < 4.78 is 7.75. The standard InChI is InChI=1S/C24H29N3O3/c1-5-26-19-10-7-6-9-17(19)18-15-16(12-13-20(18)26)25-22(28)21-11-8-14-27(21)23(29)30-24(2,3)4/h6-7,9-10,12-13,15,21H,5,8,11,14H2,1-4H3,(H,25,28)/t21-/m0/s1. The molecule has 1 aliphatic rings. The minimum atomic E-state index is -0.584. The molecule has 0 aliphatic carbocycles. The normalized spacial score (nSPS) is 16.9. The summed E-state index contributed by atoms with van der Waals surface area (Å²) in [6.45, 7) is 9.04. The van der Waals surface area contributed by atoms with Crippen molar-refractivity contribution in [2.24, 2.45) is 0 Å². The number of likely N-dealkylation sites (tertiary alicyclic amines) is 1. The molecular weight excluding hydrogens is 378 g/mol. The Labute approximate surface area is 176 Å². The zero-order valence-electron chi connectivity index (χ0n) is 18.1. The van der Waals surface area contributed by atoms with Crippen LogP contribution in [-0.2, 0) is 16.1 Å². The average Bonchev–Trinajstić information content (AvgIpc) is 3.29. The number of benzene rings is 2. The molecule has 6 heteroatoms. The molecule has 158 valence electrons. The number of carbonyl (C=O) groups excluding carboxylic acids is 2. The first kappa shape index (κ1) is 20.3. The molecule has 0 unspecified atom stereocenters. The molecular formula is C24H29N3O3. The van der Waals surface area contributed by atoms with Crippen LogP contribution in [0.3, 0.4) is 0 Å². The highest BCUT2D eigenvalue weighted by Gasteiger charge is 2.36. The molecule has 2 amide bonds. The Bertz CT molecular complexity index is 1110. The highest BCUT2D eigenvalue weighted by molar-refractivity contribution is 6.10. The number of nitrogens with zero attached hydrogens (tertiary/aromatic N) is 2. The predicted octanol–water partition coefficient (Wildman–Crippen LogP) is 5.15. The van der Waals surface area contributed by atoms with Gasteiger partial charge >= 0.3 is 6.09 Å². The van der Waals surface area contributed by atoms with Gasteiger partial charge in [0.2, 0.25) is 5.91 Å². The lowest BCUT2D eigenvalue weighted by Gasteiger charge is -2.28. The first-order chi connectivity index (χ1) is 14.3. The van der Waals surface area contributed by atoms with Crippen LogP contribution in [0.5, 0.6) is 0 Å². The predicted molar refractivity (Wildman–Crippen MR) is 120 cm³/mol. The fourth-order valence-corrected chi connectivity index (χ4v) is 4.28. The Hall–Kier alpha value is -3.02. The number of anilines is 1. The molecule has 1 aliphatic heterocycles. The fraction of sp³-hybridized carbons (Fsp3) is 0.417. The summed E-state index contributed by atoms with van der Waals surface area (Å²) in [7, 11) is 0. The van der Waals surface area contributed by atoms with Crippen LogP contribution < -0.4 is 5.32 Å². The molecule has 2 heterocycles. The number of fused-ring (bicyclic) bond motifs is 3. The number of ether oxygens (including phenoxy) is 1. The number of para-hydroxylation sites is 1. The molecule has 0 saturated carbocycles. The average molecular weight is 408 g/mol. The lowest BCUT2D eigenvalue weighted by Crippen LogP contribution is -2.45. The minimum absolute atomic E-state index is 0.170. The lowest BCUT2D eigenvalue weighted by atomic mass is 10.1. The molecule has 2 aromatic carbocycles. The zero-order valence-corrected chi connectivity index (χ0v) is 18.1. The summed E-state index contributed by atoms with van der Waals surface area (Å²) in [4.78, 5) is 27.0. The Morgan fingerprint density at radius 3 is 2.57 bits per heavy atom. The smallest absolute Gasteiger partial charge is 0.410 e.